The van der Waals surface area contributed by atoms with E-state index in [2.05, 4.69) is 4.98 Å². The van der Waals surface area contributed by atoms with E-state index in [1.54, 1.807) is 16.8 Å². The fraction of sp³-hybridized carbons (Fsp3) is 0.182. The summed E-state index contributed by atoms with van der Waals surface area (Å²) >= 11 is 1.59. The summed E-state index contributed by atoms with van der Waals surface area (Å²) in [5.41, 5.74) is 8.42. The van der Waals surface area contributed by atoms with Gasteiger partial charge in [-0.25, -0.2) is 0 Å². The molecule has 1 aromatic carbocycles. The molecule has 0 radical (unpaired) electrons. The topological polar surface area (TPSA) is 48.1 Å². The van der Waals surface area contributed by atoms with Crippen molar-refractivity contribution in [2.75, 3.05) is 0 Å². The largest absolute Gasteiger partial charge is 0.488 e. The first-order valence-electron chi connectivity index (χ1n) is 4.67. The first-order chi connectivity index (χ1) is 7.38. The summed E-state index contributed by atoms with van der Waals surface area (Å²) in [5, 5.41) is 0. The van der Waals surface area contributed by atoms with Crippen molar-refractivity contribution in [2.45, 2.75) is 13.2 Å². The van der Waals surface area contributed by atoms with Crippen LogP contribution in [-0.2, 0) is 13.2 Å². The van der Waals surface area contributed by atoms with Crippen LogP contribution in [0.5, 0.6) is 5.75 Å². The molecule has 0 aliphatic heterocycles. The minimum atomic E-state index is 0.565. The Hall–Kier alpha value is -1.39. The smallest absolute Gasteiger partial charge is 0.124 e. The molecule has 0 aliphatic rings. The number of aromatic nitrogens is 1. The van der Waals surface area contributed by atoms with Gasteiger partial charge in [-0.3, -0.25) is 4.98 Å². The normalized spacial score (nSPS) is 10.2. The number of hydrogen-bond donors (Lipinski definition) is 1. The predicted molar refractivity (Wildman–Crippen MR) is 60.8 cm³/mol. The highest BCUT2D eigenvalue weighted by molar-refractivity contribution is 7.09. The molecule has 2 rings (SSSR count). The Morgan fingerprint density at radius 3 is 2.67 bits per heavy atom. The van der Waals surface area contributed by atoms with Crippen molar-refractivity contribution in [3.8, 4) is 5.75 Å². The van der Waals surface area contributed by atoms with Gasteiger partial charge in [-0.05, 0) is 17.7 Å². The summed E-state index contributed by atoms with van der Waals surface area (Å²) in [5.74, 6) is 0.862. The second-order valence-corrected chi connectivity index (χ2v) is 4.08. The molecule has 3 nitrogen and oxygen atoms in total. The average Bonchev–Trinajstić information content (AvgIpc) is 2.80. The maximum atomic E-state index is 5.58. The van der Waals surface area contributed by atoms with Crippen molar-refractivity contribution in [3.63, 3.8) is 0 Å². The van der Waals surface area contributed by atoms with E-state index >= 15 is 0 Å². The quantitative estimate of drug-likeness (QED) is 0.859. The molecule has 1 aromatic heterocycles. The SMILES string of the molecule is NCc1ccc(OCc2cncs2)cc1. The second-order valence-electron chi connectivity index (χ2n) is 3.10. The van der Waals surface area contributed by atoms with E-state index in [9.17, 15) is 0 Å². The number of benzene rings is 1. The molecule has 0 unspecified atom stereocenters. The van der Waals surface area contributed by atoms with E-state index < -0.39 is 0 Å². The lowest BCUT2D eigenvalue weighted by Gasteiger charge is -2.04. The highest BCUT2D eigenvalue weighted by Gasteiger charge is 1.97. The number of nitrogens with zero attached hydrogens (tertiary/aromatic N) is 1. The van der Waals surface area contributed by atoms with Crippen LogP contribution in [0.2, 0.25) is 0 Å². The van der Waals surface area contributed by atoms with Crippen LogP contribution >= 0.6 is 11.3 Å². The Morgan fingerprint density at radius 1 is 1.27 bits per heavy atom. The van der Waals surface area contributed by atoms with Crippen LogP contribution in [0.15, 0.2) is 36.0 Å². The highest BCUT2D eigenvalue weighted by Crippen LogP contribution is 2.15. The minimum absolute atomic E-state index is 0.565. The van der Waals surface area contributed by atoms with Gasteiger partial charge in [-0.2, -0.15) is 0 Å². The summed E-state index contributed by atoms with van der Waals surface area (Å²) in [6.07, 6.45) is 1.82. The van der Waals surface area contributed by atoms with Gasteiger partial charge in [-0.1, -0.05) is 12.1 Å². The van der Waals surface area contributed by atoms with E-state index in [0.717, 1.165) is 16.2 Å². The maximum Gasteiger partial charge on any atom is 0.124 e. The van der Waals surface area contributed by atoms with Crippen molar-refractivity contribution < 1.29 is 4.74 Å². The van der Waals surface area contributed by atoms with Crippen molar-refractivity contribution in [3.05, 3.63) is 46.4 Å². The summed E-state index contributed by atoms with van der Waals surface area (Å²) in [4.78, 5) is 5.11. The van der Waals surface area contributed by atoms with Crippen LogP contribution in [0.1, 0.15) is 10.4 Å². The molecule has 15 heavy (non-hydrogen) atoms. The molecular weight excluding hydrogens is 208 g/mol. The zero-order valence-electron chi connectivity index (χ0n) is 8.22. The van der Waals surface area contributed by atoms with Gasteiger partial charge < -0.3 is 10.5 Å². The van der Waals surface area contributed by atoms with Crippen molar-refractivity contribution in [2.24, 2.45) is 5.73 Å². The fourth-order valence-corrected chi connectivity index (χ4v) is 1.70. The number of hydrogen-bond acceptors (Lipinski definition) is 4. The Balaban J connectivity index is 1.93. The number of ether oxygens (including phenoxy) is 1. The van der Waals surface area contributed by atoms with Crippen molar-refractivity contribution in [1.82, 2.24) is 4.98 Å². The predicted octanol–water partition coefficient (Wildman–Crippen LogP) is 2.18. The maximum absolute atomic E-state index is 5.58. The van der Waals surface area contributed by atoms with Gasteiger partial charge in [-0.15, -0.1) is 11.3 Å². The van der Waals surface area contributed by atoms with Gasteiger partial charge in [0.2, 0.25) is 0 Å². The third kappa shape index (κ3) is 2.78. The molecule has 0 spiro atoms. The molecule has 2 aromatic rings. The van der Waals surface area contributed by atoms with Crippen molar-refractivity contribution >= 4 is 11.3 Å². The van der Waals surface area contributed by atoms with Crippen LogP contribution in [0.3, 0.4) is 0 Å². The lowest BCUT2D eigenvalue weighted by Crippen LogP contribution is -1.96. The monoisotopic (exact) mass is 220 g/mol. The number of thiazole rings is 1. The molecule has 0 saturated carbocycles. The van der Waals surface area contributed by atoms with Gasteiger partial charge in [0.05, 0.1) is 10.4 Å². The molecule has 4 heteroatoms. The van der Waals surface area contributed by atoms with Gasteiger partial charge in [0.1, 0.15) is 12.4 Å². The Labute approximate surface area is 92.5 Å². The third-order valence-electron chi connectivity index (χ3n) is 2.02. The van der Waals surface area contributed by atoms with Gasteiger partial charge in [0, 0.05) is 12.7 Å². The lowest BCUT2D eigenvalue weighted by atomic mass is 10.2. The molecular formula is C11H12N2OS. The average molecular weight is 220 g/mol. The zero-order valence-corrected chi connectivity index (χ0v) is 9.04. The van der Waals surface area contributed by atoms with E-state index in [-0.39, 0.29) is 0 Å². The summed E-state index contributed by atoms with van der Waals surface area (Å²) < 4.78 is 5.58. The van der Waals surface area contributed by atoms with Crippen LogP contribution in [0.4, 0.5) is 0 Å². The summed E-state index contributed by atoms with van der Waals surface area (Å²) in [6.45, 7) is 1.14. The molecule has 0 fully saturated rings. The molecule has 2 N–H and O–H groups in total. The van der Waals surface area contributed by atoms with E-state index in [0.29, 0.717) is 13.2 Å². The van der Waals surface area contributed by atoms with Crippen LogP contribution < -0.4 is 10.5 Å². The van der Waals surface area contributed by atoms with Crippen LogP contribution in [-0.4, -0.2) is 4.98 Å². The van der Waals surface area contributed by atoms with Crippen LogP contribution in [0.25, 0.3) is 0 Å². The minimum Gasteiger partial charge on any atom is -0.488 e. The number of nitrogens with two attached hydrogens (primary N) is 1. The molecule has 1 heterocycles. The highest BCUT2D eigenvalue weighted by atomic mass is 32.1. The molecule has 0 amide bonds. The Morgan fingerprint density at radius 2 is 2.07 bits per heavy atom. The van der Waals surface area contributed by atoms with Crippen LogP contribution in [0, 0.1) is 0 Å². The molecule has 0 bridgehead atoms. The Kier molecular flexibility index (Phi) is 3.32. The first kappa shape index (κ1) is 10.1. The molecule has 0 saturated heterocycles. The fourth-order valence-electron chi connectivity index (χ4n) is 1.19. The zero-order chi connectivity index (χ0) is 10.5. The molecule has 0 aliphatic carbocycles. The van der Waals surface area contributed by atoms with Gasteiger partial charge >= 0.3 is 0 Å². The van der Waals surface area contributed by atoms with Gasteiger partial charge in [0.25, 0.3) is 0 Å². The lowest BCUT2D eigenvalue weighted by molar-refractivity contribution is 0.309. The summed E-state index contributed by atoms with van der Waals surface area (Å²) in [6, 6.07) is 7.82. The van der Waals surface area contributed by atoms with Gasteiger partial charge in [0.15, 0.2) is 0 Å². The standard InChI is InChI=1S/C11H12N2OS/c12-5-9-1-3-10(4-2-9)14-7-11-6-13-8-15-11/h1-4,6,8H,5,7,12H2. The Bertz CT molecular complexity index is 397. The van der Waals surface area contributed by atoms with E-state index in [1.807, 2.05) is 30.5 Å². The van der Waals surface area contributed by atoms with Crippen molar-refractivity contribution in [1.29, 1.82) is 0 Å². The second kappa shape index (κ2) is 4.91. The third-order valence-corrected chi connectivity index (χ3v) is 2.78. The molecule has 0 atom stereocenters. The number of rotatable bonds is 4. The van der Waals surface area contributed by atoms with E-state index in [4.69, 9.17) is 10.5 Å². The molecule has 78 valence electrons. The summed E-state index contributed by atoms with van der Waals surface area (Å²) in [7, 11) is 0. The van der Waals surface area contributed by atoms with E-state index in [1.165, 1.54) is 0 Å². The first-order valence-corrected chi connectivity index (χ1v) is 5.55.